The van der Waals surface area contributed by atoms with Crippen LogP contribution in [0.2, 0.25) is 0 Å². The maximum Gasteiger partial charge on any atom is 0.220 e. The standard InChI is InChI=1S/C11H20N2O5S2/c1-19(15,16)6-7-20(17,18)13-5-4-10-9(8-13)2-3-11(14)12-10/h9-10H,2-8H2,1H3,(H,12,14). The molecule has 2 aliphatic rings. The van der Waals surface area contributed by atoms with Gasteiger partial charge in [0, 0.05) is 31.8 Å². The molecule has 0 spiro atoms. The number of piperidine rings is 2. The topological polar surface area (TPSA) is 101 Å². The molecule has 0 bridgehead atoms. The van der Waals surface area contributed by atoms with Crippen molar-refractivity contribution >= 4 is 25.8 Å². The van der Waals surface area contributed by atoms with Gasteiger partial charge in [-0.15, -0.1) is 0 Å². The van der Waals surface area contributed by atoms with Crippen LogP contribution in [0.5, 0.6) is 0 Å². The van der Waals surface area contributed by atoms with Gasteiger partial charge in [-0.25, -0.2) is 21.1 Å². The van der Waals surface area contributed by atoms with E-state index in [1.165, 1.54) is 4.31 Å². The van der Waals surface area contributed by atoms with Gasteiger partial charge in [0.2, 0.25) is 15.9 Å². The van der Waals surface area contributed by atoms with E-state index in [2.05, 4.69) is 5.32 Å². The summed E-state index contributed by atoms with van der Waals surface area (Å²) in [5, 5.41) is 2.89. The molecule has 116 valence electrons. The van der Waals surface area contributed by atoms with Crippen molar-refractivity contribution in [1.82, 2.24) is 9.62 Å². The Kier molecular flexibility index (Phi) is 4.41. The fourth-order valence-electron chi connectivity index (χ4n) is 2.72. The number of nitrogens with zero attached hydrogens (tertiary/aromatic N) is 1. The molecule has 2 rings (SSSR count). The van der Waals surface area contributed by atoms with Crippen molar-refractivity contribution in [3.8, 4) is 0 Å². The number of hydrogen-bond donors (Lipinski definition) is 1. The molecule has 0 radical (unpaired) electrons. The number of hydrogen-bond acceptors (Lipinski definition) is 5. The highest BCUT2D eigenvalue weighted by Crippen LogP contribution is 2.26. The molecule has 1 N–H and O–H groups in total. The Morgan fingerprint density at radius 1 is 1.20 bits per heavy atom. The van der Waals surface area contributed by atoms with Crippen LogP contribution in [-0.2, 0) is 24.7 Å². The lowest BCUT2D eigenvalue weighted by Crippen LogP contribution is -2.55. The van der Waals surface area contributed by atoms with Crippen molar-refractivity contribution in [2.24, 2.45) is 5.92 Å². The van der Waals surface area contributed by atoms with Crippen molar-refractivity contribution < 1.29 is 21.6 Å². The maximum absolute atomic E-state index is 12.1. The Labute approximate surface area is 119 Å². The molecule has 1 amide bonds. The molecule has 2 saturated heterocycles. The summed E-state index contributed by atoms with van der Waals surface area (Å²) in [7, 11) is -6.83. The lowest BCUT2D eigenvalue weighted by atomic mass is 9.86. The molecule has 0 aromatic rings. The molecule has 0 aromatic heterocycles. The second-order valence-corrected chi connectivity index (χ2v) is 9.91. The molecular formula is C11H20N2O5S2. The third kappa shape index (κ3) is 3.92. The molecule has 2 atom stereocenters. The van der Waals surface area contributed by atoms with Crippen LogP contribution in [0.1, 0.15) is 19.3 Å². The molecule has 2 unspecified atom stereocenters. The minimum absolute atomic E-state index is 0.0274. The van der Waals surface area contributed by atoms with Crippen LogP contribution in [0, 0.1) is 5.92 Å². The molecular weight excluding hydrogens is 304 g/mol. The minimum Gasteiger partial charge on any atom is -0.353 e. The van der Waals surface area contributed by atoms with E-state index in [0.29, 0.717) is 32.4 Å². The quantitative estimate of drug-likeness (QED) is 0.712. The van der Waals surface area contributed by atoms with Crippen LogP contribution in [0.25, 0.3) is 0 Å². The summed E-state index contributed by atoms with van der Waals surface area (Å²) in [5.74, 6) is -0.555. The predicted molar refractivity (Wildman–Crippen MR) is 74.3 cm³/mol. The zero-order chi connectivity index (χ0) is 15.0. The van der Waals surface area contributed by atoms with Gasteiger partial charge in [0.15, 0.2) is 0 Å². The number of carbonyl (C=O) groups is 1. The highest BCUT2D eigenvalue weighted by molar-refractivity contribution is 7.93. The van der Waals surface area contributed by atoms with Gasteiger partial charge in [-0.1, -0.05) is 0 Å². The highest BCUT2D eigenvalue weighted by atomic mass is 32.2. The first-order valence-electron chi connectivity index (χ1n) is 6.62. The Bertz CT molecular complexity index is 584. The summed E-state index contributed by atoms with van der Waals surface area (Å²) in [5.41, 5.74) is 0. The molecule has 20 heavy (non-hydrogen) atoms. The van der Waals surface area contributed by atoms with Gasteiger partial charge in [0.05, 0.1) is 11.5 Å². The number of rotatable bonds is 4. The summed E-state index contributed by atoms with van der Waals surface area (Å²) in [6.07, 6.45) is 2.74. The smallest absolute Gasteiger partial charge is 0.220 e. The molecule has 9 heteroatoms. The average molecular weight is 324 g/mol. The first-order chi connectivity index (χ1) is 9.17. The van der Waals surface area contributed by atoms with Crippen LogP contribution in [0.15, 0.2) is 0 Å². The molecule has 2 heterocycles. The summed E-state index contributed by atoms with van der Waals surface area (Å²) in [6, 6.07) is 0.0533. The van der Waals surface area contributed by atoms with Crippen molar-refractivity contribution in [2.75, 3.05) is 30.9 Å². The fourth-order valence-corrected chi connectivity index (χ4v) is 5.83. The van der Waals surface area contributed by atoms with Gasteiger partial charge in [-0.2, -0.15) is 0 Å². The van der Waals surface area contributed by atoms with Gasteiger partial charge in [-0.3, -0.25) is 4.79 Å². The van der Waals surface area contributed by atoms with Gasteiger partial charge in [0.25, 0.3) is 0 Å². The van der Waals surface area contributed by atoms with Crippen LogP contribution in [-0.4, -0.2) is 63.9 Å². The Morgan fingerprint density at radius 3 is 2.55 bits per heavy atom. The summed E-state index contributed by atoms with van der Waals surface area (Å²) in [6.45, 7) is 0.713. The normalized spacial score (nSPS) is 28.8. The molecule has 7 nitrogen and oxygen atoms in total. The van der Waals surface area contributed by atoms with E-state index < -0.39 is 19.9 Å². The van der Waals surface area contributed by atoms with E-state index >= 15 is 0 Å². The van der Waals surface area contributed by atoms with Crippen molar-refractivity contribution in [2.45, 2.75) is 25.3 Å². The first kappa shape index (κ1) is 15.7. The summed E-state index contributed by atoms with van der Waals surface area (Å²) >= 11 is 0. The molecule has 2 fully saturated rings. The number of carbonyl (C=O) groups excluding carboxylic acids is 1. The van der Waals surface area contributed by atoms with Gasteiger partial charge in [-0.05, 0) is 18.8 Å². The SMILES string of the molecule is CS(=O)(=O)CCS(=O)(=O)N1CCC2NC(=O)CCC2C1. The van der Waals surface area contributed by atoms with Gasteiger partial charge in [0.1, 0.15) is 9.84 Å². The van der Waals surface area contributed by atoms with E-state index in [1.807, 2.05) is 0 Å². The van der Waals surface area contributed by atoms with Crippen LogP contribution >= 0.6 is 0 Å². The number of sulfonamides is 1. The second kappa shape index (κ2) is 5.61. The maximum atomic E-state index is 12.1. The number of amides is 1. The number of nitrogens with one attached hydrogen (secondary N) is 1. The monoisotopic (exact) mass is 324 g/mol. The third-order valence-electron chi connectivity index (χ3n) is 3.89. The molecule has 0 aliphatic carbocycles. The zero-order valence-corrected chi connectivity index (χ0v) is 13.0. The van der Waals surface area contributed by atoms with E-state index in [-0.39, 0.29) is 29.4 Å². The Balaban J connectivity index is 1.99. The lowest BCUT2D eigenvalue weighted by Gasteiger charge is -2.40. The molecule has 0 saturated carbocycles. The first-order valence-corrected chi connectivity index (χ1v) is 10.3. The van der Waals surface area contributed by atoms with Crippen molar-refractivity contribution in [3.05, 3.63) is 0 Å². The minimum atomic E-state index is -3.54. The highest BCUT2D eigenvalue weighted by Gasteiger charge is 2.37. The lowest BCUT2D eigenvalue weighted by molar-refractivity contribution is -0.124. The largest absolute Gasteiger partial charge is 0.353 e. The van der Waals surface area contributed by atoms with Crippen molar-refractivity contribution in [3.63, 3.8) is 0 Å². The zero-order valence-electron chi connectivity index (χ0n) is 11.4. The van der Waals surface area contributed by atoms with Crippen LogP contribution < -0.4 is 5.32 Å². The van der Waals surface area contributed by atoms with E-state index in [4.69, 9.17) is 0 Å². The number of sulfone groups is 1. The Morgan fingerprint density at radius 2 is 1.90 bits per heavy atom. The van der Waals surface area contributed by atoms with E-state index in [0.717, 1.165) is 6.26 Å². The van der Waals surface area contributed by atoms with Gasteiger partial charge < -0.3 is 5.32 Å². The average Bonchev–Trinajstić information content (AvgIpc) is 2.35. The van der Waals surface area contributed by atoms with Crippen LogP contribution in [0.3, 0.4) is 0 Å². The molecule has 0 aromatic carbocycles. The van der Waals surface area contributed by atoms with E-state index in [1.54, 1.807) is 0 Å². The summed E-state index contributed by atoms with van der Waals surface area (Å²) < 4.78 is 47.9. The number of fused-ring (bicyclic) bond motifs is 1. The summed E-state index contributed by atoms with van der Waals surface area (Å²) in [4.78, 5) is 11.3. The van der Waals surface area contributed by atoms with Gasteiger partial charge >= 0.3 is 0 Å². The third-order valence-corrected chi connectivity index (χ3v) is 6.93. The Hall–Kier alpha value is -0.670. The van der Waals surface area contributed by atoms with Crippen LogP contribution in [0.4, 0.5) is 0 Å². The predicted octanol–water partition coefficient (Wildman–Crippen LogP) is -1.04. The van der Waals surface area contributed by atoms with E-state index in [9.17, 15) is 21.6 Å². The van der Waals surface area contributed by atoms with Crippen molar-refractivity contribution in [1.29, 1.82) is 0 Å². The molecule has 2 aliphatic heterocycles. The second-order valence-electron chi connectivity index (χ2n) is 5.57. The fraction of sp³-hybridized carbons (Fsp3) is 0.909.